The van der Waals surface area contributed by atoms with Crippen LogP contribution in [0, 0.1) is 11.3 Å². The number of rotatable bonds is 3. The lowest BCUT2D eigenvalue weighted by Crippen LogP contribution is -1.92. The van der Waals surface area contributed by atoms with Gasteiger partial charge in [0.05, 0.1) is 18.8 Å². The second kappa shape index (κ2) is 6.21. The Morgan fingerprint density at radius 2 is 1.80 bits per heavy atom. The van der Waals surface area contributed by atoms with Crippen LogP contribution in [-0.4, -0.2) is 13.9 Å². The number of ether oxygens (including phenoxy) is 3. The van der Waals surface area contributed by atoms with E-state index in [2.05, 4.69) is 12.1 Å². The van der Waals surface area contributed by atoms with Crippen LogP contribution in [-0.2, 0) is 0 Å². The summed E-state index contributed by atoms with van der Waals surface area (Å²) >= 11 is 0. The van der Waals surface area contributed by atoms with E-state index in [4.69, 9.17) is 14.2 Å². The van der Waals surface area contributed by atoms with Crippen molar-refractivity contribution in [3.8, 4) is 23.3 Å². The van der Waals surface area contributed by atoms with E-state index in [9.17, 15) is 5.26 Å². The summed E-state index contributed by atoms with van der Waals surface area (Å²) < 4.78 is 16.2. The van der Waals surface area contributed by atoms with Crippen LogP contribution in [0.15, 0.2) is 54.6 Å². The molecular formula is C21H15NO3. The molecule has 0 N–H and O–H groups in total. The lowest BCUT2D eigenvalue weighted by Gasteiger charge is -2.08. The summed E-state index contributed by atoms with van der Waals surface area (Å²) in [6.45, 7) is 0.196. The van der Waals surface area contributed by atoms with Crippen LogP contribution in [0.3, 0.4) is 0 Å². The number of hydrogen-bond acceptors (Lipinski definition) is 4. The van der Waals surface area contributed by atoms with Crippen LogP contribution in [0.1, 0.15) is 11.1 Å². The third-order valence-electron chi connectivity index (χ3n) is 4.21. The number of methoxy groups -OCH3 is 1. The number of benzene rings is 3. The number of hydrogen-bond donors (Lipinski definition) is 0. The van der Waals surface area contributed by atoms with Gasteiger partial charge < -0.3 is 14.2 Å². The molecule has 0 saturated carbocycles. The molecule has 0 fully saturated rings. The number of allylic oxidation sites excluding steroid dienone is 1. The molecule has 0 aliphatic carbocycles. The van der Waals surface area contributed by atoms with Crippen molar-refractivity contribution < 1.29 is 14.2 Å². The van der Waals surface area contributed by atoms with Gasteiger partial charge in [-0.15, -0.1) is 0 Å². The molecule has 0 spiro atoms. The Hall–Kier alpha value is -3.45. The first-order valence-electron chi connectivity index (χ1n) is 7.87. The lowest BCUT2D eigenvalue weighted by atomic mass is 10.00. The molecule has 0 amide bonds. The van der Waals surface area contributed by atoms with Gasteiger partial charge >= 0.3 is 0 Å². The molecule has 1 aliphatic rings. The minimum Gasteiger partial charge on any atom is -0.496 e. The van der Waals surface area contributed by atoms with Crippen molar-refractivity contribution in [2.75, 3.05) is 13.9 Å². The Bertz CT molecular complexity index is 1030. The standard InChI is InChI=1S/C21H15NO3/c1-23-19-11-21-20(24-13-25-21)10-17(19)9-18(12-22)16-7-6-14-4-2-3-5-15(14)8-16/h2-11H,13H2,1H3. The SMILES string of the molecule is COc1cc2c(cc1C=C(C#N)c1ccc3ccccc3c1)OCO2. The Labute approximate surface area is 145 Å². The van der Waals surface area contributed by atoms with Crippen LogP contribution in [0.2, 0.25) is 0 Å². The molecule has 4 heteroatoms. The molecule has 3 aromatic rings. The normalized spacial score (nSPS) is 12.9. The number of fused-ring (bicyclic) bond motifs is 2. The van der Waals surface area contributed by atoms with Crippen LogP contribution in [0.25, 0.3) is 22.4 Å². The molecule has 0 unspecified atom stereocenters. The first kappa shape index (κ1) is 15.1. The molecule has 0 aromatic heterocycles. The van der Waals surface area contributed by atoms with E-state index in [1.54, 1.807) is 13.2 Å². The van der Waals surface area contributed by atoms with E-state index in [0.29, 0.717) is 22.8 Å². The minimum absolute atomic E-state index is 0.196. The highest BCUT2D eigenvalue weighted by molar-refractivity contribution is 5.95. The van der Waals surface area contributed by atoms with Gasteiger partial charge in [-0.1, -0.05) is 36.4 Å². The molecule has 0 atom stereocenters. The monoisotopic (exact) mass is 329 g/mol. The number of nitrogens with zero attached hydrogens (tertiary/aromatic N) is 1. The molecule has 25 heavy (non-hydrogen) atoms. The smallest absolute Gasteiger partial charge is 0.231 e. The van der Waals surface area contributed by atoms with E-state index in [0.717, 1.165) is 21.9 Å². The van der Waals surface area contributed by atoms with E-state index >= 15 is 0 Å². The first-order valence-corrected chi connectivity index (χ1v) is 7.87. The zero-order valence-corrected chi connectivity index (χ0v) is 13.7. The minimum atomic E-state index is 0.196. The second-order valence-corrected chi connectivity index (χ2v) is 5.68. The van der Waals surface area contributed by atoms with Gasteiger partial charge in [0.25, 0.3) is 0 Å². The van der Waals surface area contributed by atoms with Crippen molar-refractivity contribution in [1.82, 2.24) is 0 Å². The number of nitriles is 1. The van der Waals surface area contributed by atoms with Gasteiger partial charge in [-0.3, -0.25) is 0 Å². The van der Waals surface area contributed by atoms with Gasteiger partial charge in [0.15, 0.2) is 11.5 Å². The summed E-state index contributed by atoms with van der Waals surface area (Å²) in [6.07, 6.45) is 1.81. The molecular weight excluding hydrogens is 314 g/mol. The van der Waals surface area contributed by atoms with Crippen molar-refractivity contribution in [3.05, 3.63) is 65.7 Å². The fraction of sp³-hybridized carbons (Fsp3) is 0.0952. The molecule has 122 valence electrons. The molecule has 4 nitrogen and oxygen atoms in total. The molecule has 0 bridgehead atoms. The van der Waals surface area contributed by atoms with Crippen molar-refractivity contribution in [1.29, 1.82) is 5.26 Å². The highest BCUT2D eigenvalue weighted by Gasteiger charge is 2.17. The quantitative estimate of drug-likeness (QED) is 0.519. The van der Waals surface area contributed by atoms with Gasteiger partial charge in [-0.25, -0.2) is 0 Å². The summed E-state index contributed by atoms with van der Waals surface area (Å²) in [5, 5.41) is 11.9. The van der Waals surface area contributed by atoms with Gasteiger partial charge in [-0.2, -0.15) is 5.26 Å². The van der Waals surface area contributed by atoms with Crippen LogP contribution in [0.5, 0.6) is 17.2 Å². The maximum absolute atomic E-state index is 9.65. The van der Waals surface area contributed by atoms with Crippen LogP contribution >= 0.6 is 0 Å². The van der Waals surface area contributed by atoms with E-state index in [-0.39, 0.29) is 6.79 Å². The fourth-order valence-corrected chi connectivity index (χ4v) is 2.92. The second-order valence-electron chi connectivity index (χ2n) is 5.68. The molecule has 3 aromatic carbocycles. The summed E-state index contributed by atoms with van der Waals surface area (Å²) in [4.78, 5) is 0. The molecule has 0 saturated heterocycles. The fourth-order valence-electron chi connectivity index (χ4n) is 2.92. The largest absolute Gasteiger partial charge is 0.496 e. The topological polar surface area (TPSA) is 51.5 Å². The highest BCUT2D eigenvalue weighted by atomic mass is 16.7. The summed E-state index contributed by atoms with van der Waals surface area (Å²) in [5.41, 5.74) is 2.19. The van der Waals surface area contributed by atoms with E-state index in [1.807, 2.05) is 48.5 Å². The van der Waals surface area contributed by atoms with E-state index in [1.165, 1.54) is 0 Å². The van der Waals surface area contributed by atoms with Gasteiger partial charge in [0, 0.05) is 11.6 Å². The predicted octanol–water partition coefficient (Wildman–Crippen LogP) is 4.64. The zero-order valence-electron chi connectivity index (χ0n) is 13.7. The summed E-state index contributed by atoms with van der Waals surface area (Å²) in [5.74, 6) is 1.94. The maximum Gasteiger partial charge on any atom is 0.231 e. The highest BCUT2D eigenvalue weighted by Crippen LogP contribution is 2.39. The van der Waals surface area contributed by atoms with Crippen molar-refractivity contribution in [2.24, 2.45) is 0 Å². The van der Waals surface area contributed by atoms with E-state index < -0.39 is 0 Å². The first-order chi connectivity index (χ1) is 12.3. The summed E-state index contributed by atoms with van der Waals surface area (Å²) in [7, 11) is 1.59. The maximum atomic E-state index is 9.65. The average Bonchev–Trinajstić information content (AvgIpc) is 3.12. The third-order valence-corrected chi connectivity index (χ3v) is 4.21. The van der Waals surface area contributed by atoms with Gasteiger partial charge in [-0.05, 0) is 34.5 Å². The van der Waals surface area contributed by atoms with Crippen molar-refractivity contribution in [2.45, 2.75) is 0 Å². The molecule has 4 rings (SSSR count). The Kier molecular flexibility index (Phi) is 3.75. The molecule has 1 heterocycles. The van der Waals surface area contributed by atoms with Gasteiger partial charge in [0.2, 0.25) is 6.79 Å². The van der Waals surface area contributed by atoms with Crippen molar-refractivity contribution in [3.63, 3.8) is 0 Å². The zero-order chi connectivity index (χ0) is 17.2. The van der Waals surface area contributed by atoms with Crippen LogP contribution in [0.4, 0.5) is 0 Å². The summed E-state index contributed by atoms with van der Waals surface area (Å²) in [6, 6.07) is 20.0. The Morgan fingerprint density at radius 1 is 1.04 bits per heavy atom. The van der Waals surface area contributed by atoms with Crippen LogP contribution < -0.4 is 14.2 Å². The molecule has 1 aliphatic heterocycles. The van der Waals surface area contributed by atoms with Gasteiger partial charge in [0.1, 0.15) is 5.75 Å². The predicted molar refractivity (Wildman–Crippen MR) is 96.5 cm³/mol. The molecule has 0 radical (unpaired) electrons. The third kappa shape index (κ3) is 2.77. The lowest BCUT2D eigenvalue weighted by molar-refractivity contribution is 0.174. The Morgan fingerprint density at radius 3 is 2.56 bits per heavy atom. The Balaban J connectivity index is 1.81. The van der Waals surface area contributed by atoms with Crippen molar-refractivity contribution >= 4 is 22.4 Å². The average molecular weight is 329 g/mol.